The van der Waals surface area contributed by atoms with Gasteiger partial charge in [-0.25, -0.2) is 0 Å². The van der Waals surface area contributed by atoms with Crippen molar-refractivity contribution in [1.29, 1.82) is 5.26 Å². The maximum absolute atomic E-state index is 8.09. The summed E-state index contributed by atoms with van der Waals surface area (Å²) in [4.78, 5) is 0. The molecule has 0 aromatic rings. The van der Waals surface area contributed by atoms with E-state index in [1.165, 1.54) is 12.3 Å². The van der Waals surface area contributed by atoms with Crippen LogP contribution in [0, 0.1) is 11.3 Å². The summed E-state index contributed by atoms with van der Waals surface area (Å²) in [6, 6.07) is 1.85. The Bertz CT molecular complexity index is 197. The number of rotatable bonds is 3. The van der Waals surface area contributed by atoms with Gasteiger partial charge in [0.25, 0.3) is 8.32 Å². The summed E-state index contributed by atoms with van der Waals surface area (Å²) < 4.78 is 5.12. The Labute approximate surface area is 68.1 Å². The predicted octanol–water partition coefficient (Wildman–Crippen LogP) is 1.90. The summed E-state index contributed by atoms with van der Waals surface area (Å²) >= 11 is 0. The van der Waals surface area contributed by atoms with Gasteiger partial charge in [-0.3, -0.25) is 0 Å². The Hall–Kier alpha value is -1.08. The molecule has 0 N–H and O–H groups in total. The Morgan fingerprint density at radius 2 is 2.09 bits per heavy atom. The Morgan fingerprint density at radius 3 is 2.55 bits per heavy atom. The van der Waals surface area contributed by atoms with Crippen molar-refractivity contribution in [2.24, 2.45) is 5.16 Å². The van der Waals surface area contributed by atoms with Crippen LogP contribution in [0.25, 0.3) is 0 Å². The lowest BCUT2D eigenvalue weighted by atomic mass is 10.6. The monoisotopic (exact) mass is 168 g/mol. The average molecular weight is 168 g/mol. The SMILES string of the molecule is C[Si](C)(C)O/N=C\C=C\C#N. The topological polar surface area (TPSA) is 45.4 Å². The highest BCUT2D eigenvalue weighted by Crippen LogP contribution is 2.01. The lowest BCUT2D eigenvalue weighted by molar-refractivity contribution is 0.338. The first-order valence-corrected chi connectivity index (χ1v) is 6.73. The van der Waals surface area contributed by atoms with Crippen molar-refractivity contribution >= 4 is 14.5 Å². The molecule has 0 aliphatic carbocycles. The van der Waals surface area contributed by atoms with Crippen LogP contribution in [0.1, 0.15) is 0 Å². The molecular weight excluding hydrogens is 156 g/mol. The molecule has 0 aliphatic rings. The second-order valence-corrected chi connectivity index (χ2v) is 7.35. The highest BCUT2D eigenvalue weighted by atomic mass is 28.4. The summed E-state index contributed by atoms with van der Waals surface area (Å²) in [6.45, 7) is 6.12. The largest absolute Gasteiger partial charge is 0.456 e. The minimum Gasteiger partial charge on any atom is -0.456 e. The fourth-order valence-corrected chi connectivity index (χ4v) is 0.687. The molecule has 0 radical (unpaired) electrons. The van der Waals surface area contributed by atoms with Gasteiger partial charge in [-0.05, 0) is 25.7 Å². The number of allylic oxidation sites excluding steroid dienone is 2. The fourth-order valence-electron chi connectivity index (χ4n) is 0.310. The smallest absolute Gasteiger partial charge is 0.278 e. The minimum atomic E-state index is -1.53. The standard InChI is InChI=1S/C7H12N2OSi/c1-11(2,3)10-9-7-5-4-6-8/h4-5,7H,1-3H3/b5-4+,9-7-. The third-order valence-corrected chi connectivity index (χ3v) is 1.30. The van der Waals surface area contributed by atoms with Gasteiger partial charge in [0.2, 0.25) is 0 Å². The molecule has 0 aromatic carbocycles. The molecule has 0 aromatic heterocycles. The van der Waals surface area contributed by atoms with Crippen LogP contribution in [0.15, 0.2) is 17.3 Å². The van der Waals surface area contributed by atoms with Gasteiger partial charge in [0.1, 0.15) is 0 Å². The van der Waals surface area contributed by atoms with E-state index in [1.807, 2.05) is 25.7 Å². The Morgan fingerprint density at radius 1 is 1.45 bits per heavy atom. The molecule has 0 amide bonds. The minimum absolute atomic E-state index is 1.34. The van der Waals surface area contributed by atoms with E-state index in [9.17, 15) is 0 Å². The molecule has 0 aliphatic heterocycles. The first-order chi connectivity index (χ1) is 5.06. The van der Waals surface area contributed by atoms with Crippen molar-refractivity contribution in [3.8, 4) is 6.07 Å². The van der Waals surface area contributed by atoms with Crippen LogP contribution in [-0.4, -0.2) is 14.5 Å². The molecule has 0 unspecified atom stereocenters. The maximum atomic E-state index is 8.09. The molecule has 0 atom stereocenters. The van der Waals surface area contributed by atoms with E-state index >= 15 is 0 Å². The van der Waals surface area contributed by atoms with E-state index in [-0.39, 0.29) is 0 Å². The summed E-state index contributed by atoms with van der Waals surface area (Å²) in [5.41, 5.74) is 0. The van der Waals surface area contributed by atoms with Crippen molar-refractivity contribution in [1.82, 2.24) is 0 Å². The molecule has 0 bridgehead atoms. The summed E-state index contributed by atoms with van der Waals surface area (Å²) in [5.74, 6) is 0. The molecule has 0 fully saturated rings. The summed E-state index contributed by atoms with van der Waals surface area (Å²) in [5, 5.41) is 11.8. The van der Waals surface area contributed by atoms with Crippen molar-refractivity contribution in [2.75, 3.05) is 0 Å². The van der Waals surface area contributed by atoms with Crippen LogP contribution >= 0.6 is 0 Å². The van der Waals surface area contributed by atoms with Crippen LogP contribution in [0.3, 0.4) is 0 Å². The lowest BCUT2D eigenvalue weighted by Gasteiger charge is -2.11. The van der Waals surface area contributed by atoms with E-state index in [1.54, 1.807) is 6.08 Å². The van der Waals surface area contributed by atoms with Gasteiger partial charge in [-0.1, -0.05) is 0 Å². The fraction of sp³-hybridized carbons (Fsp3) is 0.429. The van der Waals surface area contributed by atoms with Crippen molar-refractivity contribution in [3.05, 3.63) is 12.2 Å². The Balaban J connectivity index is 3.64. The number of hydrogen-bond acceptors (Lipinski definition) is 3. The van der Waals surface area contributed by atoms with Crippen molar-refractivity contribution in [3.63, 3.8) is 0 Å². The van der Waals surface area contributed by atoms with Gasteiger partial charge in [0.05, 0.1) is 12.3 Å². The predicted molar refractivity (Wildman–Crippen MR) is 47.7 cm³/mol. The van der Waals surface area contributed by atoms with Gasteiger partial charge in [-0.15, -0.1) is 5.16 Å². The molecule has 0 spiro atoms. The molecule has 0 heterocycles. The normalized spacial score (nSPS) is 12.2. The van der Waals surface area contributed by atoms with Crippen LogP contribution in [0.2, 0.25) is 19.6 Å². The zero-order chi connectivity index (χ0) is 8.74. The molecular formula is C7H12N2OSi. The second-order valence-electron chi connectivity index (χ2n) is 2.95. The average Bonchev–Trinajstić information content (AvgIpc) is 1.85. The highest BCUT2D eigenvalue weighted by molar-refractivity contribution is 6.69. The van der Waals surface area contributed by atoms with Crippen LogP contribution < -0.4 is 0 Å². The first-order valence-electron chi connectivity index (χ1n) is 3.32. The van der Waals surface area contributed by atoms with Gasteiger partial charge < -0.3 is 4.53 Å². The quantitative estimate of drug-likeness (QED) is 0.279. The number of nitrogens with zero attached hydrogens (tertiary/aromatic N) is 2. The zero-order valence-corrected chi connectivity index (χ0v) is 8.03. The molecule has 0 saturated heterocycles. The maximum Gasteiger partial charge on any atom is 0.278 e. The van der Waals surface area contributed by atoms with Crippen LogP contribution in [0.5, 0.6) is 0 Å². The summed E-state index contributed by atoms with van der Waals surface area (Å²) in [7, 11) is -1.53. The van der Waals surface area contributed by atoms with Crippen molar-refractivity contribution in [2.45, 2.75) is 19.6 Å². The lowest BCUT2D eigenvalue weighted by Crippen LogP contribution is -2.22. The molecule has 4 heteroatoms. The van der Waals surface area contributed by atoms with Crippen LogP contribution in [0.4, 0.5) is 0 Å². The molecule has 11 heavy (non-hydrogen) atoms. The van der Waals surface area contributed by atoms with Gasteiger partial charge in [-0.2, -0.15) is 5.26 Å². The number of nitriles is 1. The highest BCUT2D eigenvalue weighted by Gasteiger charge is 2.14. The molecule has 3 nitrogen and oxygen atoms in total. The van der Waals surface area contributed by atoms with E-state index in [0.717, 1.165) is 0 Å². The molecule has 0 saturated carbocycles. The van der Waals surface area contributed by atoms with E-state index < -0.39 is 8.32 Å². The third kappa shape index (κ3) is 8.92. The molecule has 0 rings (SSSR count). The first kappa shape index (κ1) is 9.92. The molecule has 60 valence electrons. The van der Waals surface area contributed by atoms with E-state index in [4.69, 9.17) is 9.79 Å². The van der Waals surface area contributed by atoms with E-state index in [0.29, 0.717) is 0 Å². The number of hydrogen-bond donors (Lipinski definition) is 0. The Kier molecular flexibility index (Phi) is 4.23. The second kappa shape index (κ2) is 4.69. The van der Waals surface area contributed by atoms with E-state index in [2.05, 4.69) is 5.16 Å². The van der Waals surface area contributed by atoms with Gasteiger partial charge in [0.15, 0.2) is 0 Å². The third-order valence-electron chi connectivity index (χ3n) is 0.644. The van der Waals surface area contributed by atoms with Gasteiger partial charge >= 0.3 is 0 Å². The zero-order valence-electron chi connectivity index (χ0n) is 7.03. The van der Waals surface area contributed by atoms with Gasteiger partial charge in [0, 0.05) is 6.08 Å². The number of oxime groups is 1. The summed E-state index contributed by atoms with van der Waals surface area (Å²) in [6.07, 6.45) is 4.36. The van der Waals surface area contributed by atoms with Crippen LogP contribution in [-0.2, 0) is 4.53 Å². The van der Waals surface area contributed by atoms with Crippen molar-refractivity contribution < 1.29 is 4.53 Å².